The molecule has 3 atom stereocenters. The Hall–Kier alpha value is -1.73. The normalized spacial score (nSPS) is 25.1. The maximum Gasteiger partial charge on any atom is 0.295 e. The molecule has 20 heavy (non-hydrogen) atoms. The molecule has 0 radical (unpaired) electrons. The molecule has 0 aromatic heterocycles. The molecule has 1 aromatic carbocycles. The Morgan fingerprint density at radius 2 is 2.30 bits per heavy atom. The van der Waals surface area contributed by atoms with E-state index in [9.17, 15) is 14.5 Å². The van der Waals surface area contributed by atoms with Gasteiger partial charge in [-0.2, -0.15) is 0 Å². The lowest BCUT2D eigenvalue weighted by molar-refractivity contribution is -0.384. The molecule has 3 unspecified atom stereocenters. The molecule has 0 spiro atoms. The zero-order valence-corrected chi connectivity index (χ0v) is 11.4. The van der Waals surface area contributed by atoms with Gasteiger partial charge >= 0.3 is 0 Å². The minimum absolute atomic E-state index is 0.0695. The van der Waals surface area contributed by atoms with Crippen LogP contribution in [0.25, 0.3) is 0 Å². The number of hydrogen-bond donors (Lipinski definition) is 2. The first kappa shape index (κ1) is 14.7. The van der Waals surface area contributed by atoms with E-state index in [1.165, 1.54) is 6.07 Å². The number of nitrogens with two attached hydrogens (primary N) is 1. The quantitative estimate of drug-likeness (QED) is 0.636. The molecule has 1 fully saturated rings. The smallest absolute Gasteiger partial charge is 0.295 e. The van der Waals surface area contributed by atoms with E-state index in [2.05, 4.69) is 5.32 Å². The monoisotopic (exact) mass is 283 g/mol. The van der Waals surface area contributed by atoms with Gasteiger partial charge in [0.05, 0.1) is 23.1 Å². The van der Waals surface area contributed by atoms with E-state index in [1.54, 1.807) is 6.92 Å². The number of ether oxygens (including phenoxy) is 1. The van der Waals surface area contributed by atoms with Crippen molar-refractivity contribution in [2.45, 2.75) is 38.5 Å². The summed E-state index contributed by atoms with van der Waals surface area (Å²) in [7, 11) is 0. The number of hydrogen-bond acceptors (Lipinski definition) is 5. The standard InChI is InChI=1S/C13H18FN3O3/c1-3-20-12-6-9(15)13(12)16-10-4-7(2)8(14)5-11(10)17(18)19/h4-5,9,12-13,16H,3,6,15H2,1-2H3. The van der Waals surface area contributed by atoms with Gasteiger partial charge in [-0.05, 0) is 31.9 Å². The highest BCUT2D eigenvalue weighted by Crippen LogP contribution is 2.32. The van der Waals surface area contributed by atoms with Crippen molar-refractivity contribution >= 4 is 11.4 Å². The van der Waals surface area contributed by atoms with Crippen molar-refractivity contribution in [2.75, 3.05) is 11.9 Å². The predicted octanol–water partition coefficient (Wildman–Crippen LogP) is 1.96. The van der Waals surface area contributed by atoms with E-state index < -0.39 is 10.7 Å². The SMILES string of the molecule is CCOC1CC(N)C1Nc1cc(C)c(F)cc1[N+](=O)[O-]. The maximum atomic E-state index is 13.4. The number of nitro benzene ring substituents is 1. The molecule has 0 aliphatic heterocycles. The Morgan fingerprint density at radius 3 is 2.85 bits per heavy atom. The molecular weight excluding hydrogens is 265 g/mol. The molecular formula is C13H18FN3O3. The van der Waals surface area contributed by atoms with Crippen LogP contribution in [0.15, 0.2) is 12.1 Å². The van der Waals surface area contributed by atoms with Crippen LogP contribution in [0, 0.1) is 22.9 Å². The fraction of sp³-hybridized carbons (Fsp3) is 0.538. The summed E-state index contributed by atoms with van der Waals surface area (Å²) in [6.07, 6.45) is 0.638. The Balaban J connectivity index is 2.24. The van der Waals surface area contributed by atoms with Crippen LogP contribution in [0.1, 0.15) is 18.9 Å². The van der Waals surface area contributed by atoms with Gasteiger partial charge in [-0.1, -0.05) is 0 Å². The second kappa shape index (κ2) is 5.72. The van der Waals surface area contributed by atoms with Crippen LogP contribution in [-0.2, 0) is 4.74 Å². The second-order valence-corrected chi connectivity index (χ2v) is 4.94. The van der Waals surface area contributed by atoms with Gasteiger partial charge in [0.1, 0.15) is 11.5 Å². The molecule has 0 bridgehead atoms. The summed E-state index contributed by atoms with van der Waals surface area (Å²) in [5, 5.41) is 14.0. The summed E-state index contributed by atoms with van der Waals surface area (Å²) < 4.78 is 18.9. The summed E-state index contributed by atoms with van der Waals surface area (Å²) in [5.74, 6) is -0.596. The molecule has 1 saturated carbocycles. The minimum atomic E-state index is -0.606. The molecule has 0 amide bonds. The van der Waals surface area contributed by atoms with Crippen molar-refractivity contribution < 1.29 is 14.1 Å². The summed E-state index contributed by atoms with van der Waals surface area (Å²) in [5.41, 5.74) is 6.23. The molecule has 1 aliphatic rings. The largest absolute Gasteiger partial charge is 0.376 e. The molecule has 0 saturated heterocycles. The van der Waals surface area contributed by atoms with Gasteiger partial charge < -0.3 is 15.8 Å². The molecule has 6 nitrogen and oxygen atoms in total. The van der Waals surface area contributed by atoms with Gasteiger partial charge in [0.25, 0.3) is 5.69 Å². The van der Waals surface area contributed by atoms with Crippen LogP contribution in [-0.4, -0.2) is 29.7 Å². The van der Waals surface area contributed by atoms with Gasteiger partial charge in [0, 0.05) is 12.6 Å². The predicted molar refractivity (Wildman–Crippen MR) is 73.2 cm³/mol. The molecule has 1 aliphatic carbocycles. The molecule has 110 valence electrons. The fourth-order valence-corrected chi connectivity index (χ4v) is 2.34. The number of nitrogens with zero attached hydrogens (tertiary/aromatic N) is 1. The number of aryl methyl sites for hydroxylation is 1. The van der Waals surface area contributed by atoms with E-state index >= 15 is 0 Å². The first-order chi connectivity index (χ1) is 9.43. The number of nitro groups is 1. The van der Waals surface area contributed by atoms with Gasteiger partial charge in [-0.15, -0.1) is 0 Å². The Bertz CT molecular complexity index is 522. The number of benzene rings is 1. The van der Waals surface area contributed by atoms with Crippen molar-refractivity contribution in [3.8, 4) is 0 Å². The van der Waals surface area contributed by atoms with Crippen LogP contribution >= 0.6 is 0 Å². The second-order valence-electron chi connectivity index (χ2n) is 4.94. The van der Waals surface area contributed by atoms with Crippen LogP contribution in [0.3, 0.4) is 0 Å². The molecule has 7 heteroatoms. The highest BCUT2D eigenvalue weighted by atomic mass is 19.1. The average molecular weight is 283 g/mol. The number of nitrogens with one attached hydrogen (secondary N) is 1. The van der Waals surface area contributed by atoms with E-state index in [4.69, 9.17) is 10.5 Å². The lowest BCUT2D eigenvalue weighted by Gasteiger charge is -2.42. The van der Waals surface area contributed by atoms with Gasteiger partial charge in [0.2, 0.25) is 0 Å². The first-order valence-corrected chi connectivity index (χ1v) is 6.52. The summed E-state index contributed by atoms with van der Waals surface area (Å²) >= 11 is 0. The van der Waals surface area contributed by atoms with Crippen molar-refractivity contribution in [1.29, 1.82) is 0 Å². The van der Waals surface area contributed by atoms with Crippen molar-refractivity contribution in [1.82, 2.24) is 0 Å². The fourth-order valence-electron chi connectivity index (χ4n) is 2.34. The average Bonchev–Trinajstić information content (AvgIpc) is 2.39. The Kier molecular flexibility index (Phi) is 4.20. The third kappa shape index (κ3) is 2.73. The zero-order valence-electron chi connectivity index (χ0n) is 11.4. The summed E-state index contributed by atoms with van der Waals surface area (Å²) in [6.45, 7) is 4.00. The van der Waals surface area contributed by atoms with Crippen LogP contribution in [0.4, 0.5) is 15.8 Å². The number of anilines is 1. The maximum absolute atomic E-state index is 13.4. The van der Waals surface area contributed by atoms with Gasteiger partial charge in [-0.25, -0.2) is 4.39 Å². The van der Waals surface area contributed by atoms with Crippen molar-refractivity contribution in [3.05, 3.63) is 33.6 Å². The Morgan fingerprint density at radius 1 is 1.60 bits per heavy atom. The third-order valence-corrected chi connectivity index (χ3v) is 3.54. The summed E-state index contributed by atoms with van der Waals surface area (Å²) in [4.78, 5) is 10.4. The number of halogens is 1. The van der Waals surface area contributed by atoms with E-state index in [0.29, 0.717) is 18.6 Å². The third-order valence-electron chi connectivity index (χ3n) is 3.54. The topological polar surface area (TPSA) is 90.4 Å². The molecule has 3 N–H and O–H groups in total. The lowest BCUT2D eigenvalue weighted by atomic mass is 9.83. The Labute approximate surface area is 116 Å². The van der Waals surface area contributed by atoms with Gasteiger partial charge in [0.15, 0.2) is 0 Å². The molecule has 2 rings (SSSR count). The first-order valence-electron chi connectivity index (χ1n) is 6.52. The molecule has 0 heterocycles. The van der Waals surface area contributed by atoms with Crippen molar-refractivity contribution in [2.24, 2.45) is 5.73 Å². The van der Waals surface area contributed by atoms with E-state index in [1.807, 2.05) is 6.92 Å². The molecule has 1 aromatic rings. The van der Waals surface area contributed by atoms with Crippen LogP contribution in [0.5, 0.6) is 0 Å². The van der Waals surface area contributed by atoms with Crippen LogP contribution < -0.4 is 11.1 Å². The highest BCUT2D eigenvalue weighted by Gasteiger charge is 2.40. The lowest BCUT2D eigenvalue weighted by Crippen LogP contribution is -2.60. The van der Waals surface area contributed by atoms with E-state index in [0.717, 1.165) is 6.07 Å². The van der Waals surface area contributed by atoms with E-state index in [-0.39, 0.29) is 29.6 Å². The minimum Gasteiger partial charge on any atom is -0.376 e. The zero-order chi connectivity index (χ0) is 14.9. The van der Waals surface area contributed by atoms with Crippen molar-refractivity contribution in [3.63, 3.8) is 0 Å². The highest BCUT2D eigenvalue weighted by molar-refractivity contribution is 5.64. The number of rotatable bonds is 5. The summed E-state index contributed by atoms with van der Waals surface area (Å²) in [6, 6.07) is 2.04. The van der Waals surface area contributed by atoms with Crippen LogP contribution in [0.2, 0.25) is 0 Å². The van der Waals surface area contributed by atoms with Gasteiger partial charge in [-0.3, -0.25) is 10.1 Å².